The molecule has 4 rings (SSSR count). The Morgan fingerprint density at radius 2 is 1.73 bits per heavy atom. The van der Waals surface area contributed by atoms with Crippen LogP contribution in [0.1, 0.15) is 18.4 Å². The van der Waals surface area contributed by atoms with E-state index in [2.05, 4.69) is 10.6 Å². The van der Waals surface area contributed by atoms with Crippen molar-refractivity contribution in [2.24, 2.45) is 0 Å². The highest BCUT2D eigenvalue weighted by atomic mass is 16.5. The number of carbonyl (C=O) groups is 2. The van der Waals surface area contributed by atoms with Crippen molar-refractivity contribution in [1.29, 1.82) is 0 Å². The lowest BCUT2D eigenvalue weighted by Gasteiger charge is -2.30. The second kappa shape index (κ2) is 10.5. The number of carbonyl (C=O) groups excluding carboxylic acids is 2. The lowest BCUT2D eigenvalue weighted by Crippen LogP contribution is -2.39. The lowest BCUT2D eigenvalue weighted by molar-refractivity contribution is -0.121. The topological polar surface area (TPSA) is 79.9 Å². The Labute approximate surface area is 193 Å². The first kappa shape index (κ1) is 22.2. The largest absolute Gasteiger partial charge is 0.493 e. The van der Waals surface area contributed by atoms with E-state index in [4.69, 9.17) is 9.47 Å². The lowest BCUT2D eigenvalue weighted by atomic mass is 10.2. The van der Waals surface area contributed by atoms with Crippen LogP contribution >= 0.6 is 0 Å². The van der Waals surface area contributed by atoms with Gasteiger partial charge in [-0.15, -0.1) is 0 Å². The minimum absolute atomic E-state index is 0.00792. The maximum atomic E-state index is 12.5. The Bertz CT molecular complexity index is 1120. The zero-order valence-electron chi connectivity index (χ0n) is 18.5. The molecular weight excluding hydrogens is 418 g/mol. The fraction of sp³-hybridized carbons (Fsp3) is 0.231. The van der Waals surface area contributed by atoms with E-state index in [0.29, 0.717) is 36.0 Å². The summed E-state index contributed by atoms with van der Waals surface area (Å²) in [4.78, 5) is 26.6. The molecule has 0 saturated heterocycles. The summed E-state index contributed by atoms with van der Waals surface area (Å²) in [7, 11) is 0. The Hall–Kier alpha value is -4.00. The van der Waals surface area contributed by atoms with Crippen LogP contribution in [0.4, 0.5) is 21.9 Å². The number of amides is 3. The van der Waals surface area contributed by atoms with Crippen LogP contribution in [0.3, 0.4) is 0 Å². The van der Waals surface area contributed by atoms with Crippen LogP contribution in [0.25, 0.3) is 0 Å². The first-order valence-corrected chi connectivity index (χ1v) is 11.0. The molecular formula is C26H27N3O4. The van der Waals surface area contributed by atoms with Gasteiger partial charge in [-0.1, -0.05) is 36.4 Å². The summed E-state index contributed by atoms with van der Waals surface area (Å²) in [6.45, 7) is 3.15. The second-order valence-corrected chi connectivity index (χ2v) is 7.78. The number of hydrogen-bond acceptors (Lipinski definition) is 4. The smallest absolute Gasteiger partial charge is 0.323 e. The monoisotopic (exact) mass is 445 g/mol. The molecule has 33 heavy (non-hydrogen) atoms. The Balaban J connectivity index is 1.34. The van der Waals surface area contributed by atoms with E-state index >= 15 is 0 Å². The molecule has 170 valence electrons. The molecule has 3 amide bonds. The highest BCUT2D eigenvalue weighted by Crippen LogP contribution is 2.35. The van der Waals surface area contributed by atoms with Crippen LogP contribution in [0.2, 0.25) is 0 Å². The molecule has 0 unspecified atom stereocenters. The summed E-state index contributed by atoms with van der Waals surface area (Å²) in [5.41, 5.74) is 3.03. The van der Waals surface area contributed by atoms with E-state index < -0.39 is 0 Å². The molecule has 0 saturated carbocycles. The van der Waals surface area contributed by atoms with Crippen LogP contribution in [0.5, 0.6) is 11.5 Å². The Morgan fingerprint density at radius 3 is 2.55 bits per heavy atom. The van der Waals surface area contributed by atoms with E-state index in [1.165, 1.54) is 0 Å². The average molecular weight is 446 g/mol. The molecule has 7 nitrogen and oxygen atoms in total. The molecule has 0 spiro atoms. The number of unbranched alkanes of at least 4 members (excludes halogenated alkanes) is 1. The molecule has 1 aliphatic heterocycles. The molecule has 0 atom stereocenters. The predicted octanol–water partition coefficient (Wildman–Crippen LogP) is 5.22. The van der Waals surface area contributed by atoms with Crippen molar-refractivity contribution in [3.63, 3.8) is 0 Å². The minimum atomic E-state index is -0.357. The fourth-order valence-electron chi connectivity index (χ4n) is 3.61. The highest BCUT2D eigenvalue weighted by Gasteiger charge is 2.25. The summed E-state index contributed by atoms with van der Waals surface area (Å²) < 4.78 is 11.4. The highest BCUT2D eigenvalue weighted by molar-refractivity contribution is 6.02. The number of ether oxygens (including phenoxy) is 2. The second-order valence-electron chi connectivity index (χ2n) is 7.78. The molecule has 0 aromatic heterocycles. The number of aryl methyl sites for hydroxylation is 1. The zero-order chi connectivity index (χ0) is 23.0. The van der Waals surface area contributed by atoms with Crippen molar-refractivity contribution in [3.05, 3.63) is 78.4 Å². The van der Waals surface area contributed by atoms with Gasteiger partial charge in [-0.3, -0.25) is 4.79 Å². The van der Waals surface area contributed by atoms with Crippen molar-refractivity contribution in [1.82, 2.24) is 0 Å². The summed E-state index contributed by atoms with van der Waals surface area (Å²) in [5, 5.41) is 5.59. The van der Waals surface area contributed by atoms with Crippen LogP contribution < -0.4 is 25.0 Å². The third-order valence-electron chi connectivity index (χ3n) is 5.32. The van der Waals surface area contributed by atoms with Gasteiger partial charge in [0.15, 0.2) is 6.61 Å². The number of hydrogen-bond donors (Lipinski definition) is 2. The predicted molar refractivity (Wildman–Crippen MR) is 129 cm³/mol. The van der Waals surface area contributed by atoms with Gasteiger partial charge in [-0.2, -0.15) is 0 Å². The summed E-state index contributed by atoms with van der Waals surface area (Å²) in [6, 6.07) is 22.1. The number of para-hydroxylation sites is 2. The molecule has 2 N–H and O–H groups in total. The quantitative estimate of drug-likeness (QED) is 0.466. The number of benzene rings is 3. The molecule has 0 aliphatic carbocycles. The summed E-state index contributed by atoms with van der Waals surface area (Å²) in [6.07, 6.45) is 1.59. The SMILES string of the molecule is Cc1ccccc1OCCCCN1C(=O)COc2ccc(NC(=O)Nc3ccccc3)cc21. The third-order valence-corrected chi connectivity index (χ3v) is 5.32. The molecule has 3 aromatic carbocycles. The van der Waals surface area contributed by atoms with Gasteiger partial charge < -0.3 is 25.0 Å². The van der Waals surface area contributed by atoms with E-state index in [1.54, 1.807) is 23.1 Å². The number of nitrogens with one attached hydrogen (secondary N) is 2. The van der Waals surface area contributed by atoms with Gasteiger partial charge in [0.2, 0.25) is 0 Å². The molecule has 3 aromatic rings. The van der Waals surface area contributed by atoms with Gasteiger partial charge in [0, 0.05) is 17.9 Å². The Morgan fingerprint density at radius 1 is 0.970 bits per heavy atom. The van der Waals surface area contributed by atoms with Crippen LogP contribution in [-0.2, 0) is 4.79 Å². The summed E-state index contributed by atoms with van der Waals surface area (Å²) in [5.74, 6) is 1.41. The fourth-order valence-corrected chi connectivity index (χ4v) is 3.61. The molecule has 1 aliphatic rings. The first-order valence-electron chi connectivity index (χ1n) is 11.0. The molecule has 0 fully saturated rings. The van der Waals surface area contributed by atoms with Gasteiger partial charge in [-0.05, 0) is 61.7 Å². The standard InChI is InChI=1S/C26H27N3O4/c1-19-9-5-6-12-23(19)32-16-8-7-15-29-22-17-21(13-14-24(22)33-18-25(29)30)28-26(31)27-20-10-3-2-4-11-20/h2-6,9-14,17H,7-8,15-16,18H2,1H3,(H2,27,28,31). The number of nitrogens with zero attached hydrogens (tertiary/aromatic N) is 1. The van der Waals surface area contributed by atoms with Crippen molar-refractivity contribution < 1.29 is 19.1 Å². The summed E-state index contributed by atoms with van der Waals surface area (Å²) >= 11 is 0. The van der Waals surface area contributed by atoms with E-state index in [-0.39, 0.29) is 18.5 Å². The van der Waals surface area contributed by atoms with Gasteiger partial charge >= 0.3 is 6.03 Å². The normalized spacial score (nSPS) is 12.5. The molecule has 7 heteroatoms. The third kappa shape index (κ3) is 5.83. The van der Waals surface area contributed by atoms with Crippen molar-refractivity contribution in [2.75, 3.05) is 35.3 Å². The maximum absolute atomic E-state index is 12.5. The minimum Gasteiger partial charge on any atom is -0.493 e. The van der Waals surface area contributed by atoms with Crippen LogP contribution in [0, 0.1) is 6.92 Å². The van der Waals surface area contributed by atoms with Gasteiger partial charge in [0.05, 0.1) is 12.3 Å². The van der Waals surface area contributed by atoms with Gasteiger partial charge in [-0.25, -0.2) is 4.79 Å². The van der Waals surface area contributed by atoms with Gasteiger partial charge in [0.25, 0.3) is 5.91 Å². The number of urea groups is 1. The van der Waals surface area contributed by atoms with E-state index in [0.717, 1.165) is 24.2 Å². The molecule has 1 heterocycles. The van der Waals surface area contributed by atoms with E-state index in [9.17, 15) is 9.59 Å². The van der Waals surface area contributed by atoms with E-state index in [1.807, 2.05) is 61.5 Å². The maximum Gasteiger partial charge on any atom is 0.323 e. The first-order chi connectivity index (χ1) is 16.1. The average Bonchev–Trinajstić information content (AvgIpc) is 2.82. The zero-order valence-corrected chi connectivity index (χ0v) is 18.5. The van der Waals surface area contributed by atoms with Crippen molar-refractivity contribution in [2.45, 2.75) is 19.8 Å². The Kier molecular flexibility index (Phi) is 7.09. The van der Waals surface area contributed by atoms with Crippen LogP contribution in [-0.4, -0.2) is 31.7 Å². The van der Waals surface area contributed by atoms with Crippen LogP contribution in [0.15, 0.2) is 72.8 Å². The number of rotatable bonds is 8. The molecule has 0 bridgehead atoms. The molecule has 0 radical (unpaired) electrons. The van der Waals surface area contributed by atoms with Crippen molar-refractivity contribution in [3.8, 4) is 11.5 Å². The number of fused-ring (bicyclic) bond motifs is 1. The number of anilines is 3. The van der Waals surface area contributed by atoms with Crippen molar-refractivity contribution >= 4 is 29.0 Å². The van der Waals surface area contributed by atoms with Gasteiger partial charge in [0.1, 0.15) is 11.5 Å².